The van der Waals surface area contributed by atoms with Crippen molar-refractivity contribution in [1.29, 1.82) is 0 Å². The van der Waals surface area contributed by atoms with E-state index in [9.17, 15) is 4.79 Å². The summed E-state index contributed by atoms with van der Waals surface area (Å²) in [6, 6.07) is 18.3. The third-order valence-corrected chi connectivity index (χ3v) is 5.28. The van der Waals surface area contributed by atoms with Crippen LogP contribution in [0.4, 0.5) is 5.69 Å². The first-order chi connectivity index (χ1) is 15.4. The van der Waals surface area contributed by atoms with Crippen molar-refractivity contribution in [1.82, 2.24) is 4.98 Å². The first-order valence-electron chi connectivity index (χ1n) is 10.2. The third kappa shape index (κ3) is 4.86. The number of rotatable bonds is 7. The van der Waals surface area contributed by atoms with Gasteiger partial charge in [0.1, 0.15) is 17.0 Å². The van der Waals surface area contributed by atoms with Crippen molar-refractivity contribution >= 4 is 34.3 Å². The summed E-state index contributed by atoms with van der Waals surface area (Å²) < 4.78 is 16.6. The van der Waals surface area contributed by atoms with Gasteiger partial charge in [-0.25, -0.2) is 4.98 Å². The van der Waals surface area contributed by atoms with Gasteiger partial charge in [0.2, 0.25) is 5.89 Å². The molecule has 0 spiro atoms. The normalized spacial score (nSPS) is 11.0. The van der Waals surface area contributed by atoms with Crippen molar-refractivity contribution in [2.75, 3.05) is 19.0 Å². The first kappa shape index (κ1) is 21.7. The predicted octanol–water partition coefficient (Wildman–Crippen LogP) is 6.30. The molecule has 0 radical (unpaired) electrons. The Bertz CT molecular complexity index is 1250. The first-order valence-corrected chi connectivity index (χ1v) is 10.6. The minimum Gasteiger partial charge on any atom is -0.495 e. The minimum absolute atomic E-state index is 0.0898. The summed E-state index contributed by atoms with van der Waals surface area (Å²) in [6.07, 6.45) is 0. The molecule has 4 rings (SSSR count). The molecular weight excluding hydrogens is 428 g/mol. The van der Waals surface area contributed by atoms with Crippen molar-refractivity contribution in [3.8, 4) is 23.0 Å². The topological polar surface area (TPSA) is 73.6 Å². The van der Waals surface area contributed by atoms with Gasteiger partial charge in [-0.05, 0) is 60.0 Å². The van der Waals surface area contributed by atoms with Crippen LogP contribution in [0.15, 0.2) is 65.1 Å². The highest BCUT2D eigenvalue weighted by atomic mass is 35.5. The number of ether oxygens (including phenoxy) is 2. The van der Waals surface area contributed by atoms with Gasteiger partial charge in [0.25, 0.3) is 5.91 Å². The lowest BCUT2D eigenvalue weighted by Crippen LogP contribution is -2.20. The molecule has 1 heterocycles. The number of nitrogens with one attached hydrogen (secondary N) is 1. The monoisotopic (exact) mass is 450 g/mol. The zero-order valence-corrected chi connectivity index (χ0v) is 18.8. The summed E-state index contributed by atoms with van der Waals surface area (Å²) in [6.45, 7) is 4.17. The molecule has 1 amide bonds. The van der Waals surface area contributed by atoms with E-state index in [0.29, 0.717) is 45.1 Å². The maximum absolute atomic E-state index is 12.3. The summed E-state index contributed by atoms with van der Waals surface area (Å²) in [4.78, 5) is 16.8. The van der Waals surface area contributed by atoms with E-state index in [0.717, 1.165) is 5.56 Å². The molecule has 0 saturated heterocycles. The van der Waals surface area contributed by atoms with Crippen molar-refractivity contribution < 1.29 is 18.7 Å². The summed E-state index contributed by atoms with van der Waals surface area (Å²) >= 11 is 6.20. The summed E-state index contributed by atoms with van der Waals surface area (Å²) in [5.74, 6) is 1.85. The van der Waals surface area contributed by atoms with Crippen LogP contribution in [0, 0.1) is 0 Å². The van der Waals surface area contributed by atoms with Crippen LogP contribution in [0.3, 0.4) is 0 Å². The van der Waals surface area contributed by atoms with E-state index in [1.54, 1.807) is 37.4 Å². The van der Waals surface area contributed by atoms with E-state index in [1.165, 1.54) is 5.56 Å². The maximum Gasteiger partial charge on any atom is 0.262 e. The molecule has 0 aliphatic heterocycles. The zero-order chi connectivity index (χ0) is 22.7. The molecule has 0 aliphatic carbocycles. The number of oxazole rings is 1. The molecule has 0 atom stereocenters. The number of carbonyl (C=O) groups is 1. The van der Waals surface area contributed by atoms with Crippen LogP contribution >= 0.6 is 11.6 Å². The standard InChI is InChI=1S/C25H23ClN2O4/c1-15(2)16-4-8-19(9-5-16)31-14-24(29)27-18-7-11-23-21(13-18)28-25(32-23)17-6-10-22(30-3)20(26)12-17/h4-13,15H,14H2,1-3H3,(H,27,29). The van der Waals surface area contributed by atoms with E-state index in [1.807, 2.05) is 30.3 Å². The molecule has 0 fully saturated rings. The Balaban J connectivity index is 1.42. The molecule has 0 bridgehead atoms. The second-order valence-corrected chi connectivity index (χ2v) is 8.02. The molecule has 164 valence electrons. The Labute approximate surface area is 191 Å². The highest BCUT2D eigenvalue weighted by Gasteiger charge is 2.12. The molecule has 3 aromatic carbocycles. The second kappa shape index (κ2) is 9.32. The smallest absolute Gasteiger partial charge is 0.262 e. The Kier molecular flexibility index (Phi) is 6.32. The van der Waals surface area contributed by atoms with Crippen molar-refractivity contribution in [2.24, 2.45) is 0 Å². The van der Waals surface area contributed by atoms with Crippen LogP contribution in [0.25, 0.3) is 22.6 Å². The van der Waals surface area contributed by atoms with Gasteiger partial charge in [-0.2, -0.15) is 0 Å². The lowest BCUT2D eigenvalue weighted by Gasteiger charge is -2.09. The molecule has 4 aromatic rings. The fourth-order valence-corrected chi connectivity index (χ4v) is 3.48. The average Bonchev–Trinajstić information content (AvgIpc) is 3.21. The number of carbonyl (C=O) groups excluding carboxylic acids is 1. The van der Waals surface area contributed by atoms with Crippen LogP contribution in [0.5, 0.6) is 11.5 Å². The van der Waals surface area contributed by atoms with Crippen LogP contribution in [-0.2, 0) is 4.79 Å². The number of methoxy groups -OCH3 is 1. The SMILES string of the molecule is COc1ccc(-c2nc3cc(NC(=O)COc4ccc(C(C)C)cc4)ccc3o2)cc1Cl. The summed E-state index contributed by atoms with van der Waals surface area (Å²) in [7, 11) is 1.56. The third-order valence-electron chi connectivity index (χ3n) is 4.99. The van der Waals surface area contributed by atoms with E-state index in [2.05, 4.69) is 24.1 Å². The number of aromatic nitrogens is 1. The number of anilines is 1. The number of fused-ring (bicyclic) bond motifs is 1. The number of halogens is 1. The molecule has 1 aromatic heterocycles. The predicted molar refractivity (Wildman–Crippen MR) is 126 cm³/mol. The molecule has 6 nitrogen and oxygen atoms in total. The van der Waals surface area contributed by atoms with Gasteiger partial charge in [-0.3, -0.25) is 4.79 Å². The van der Waals surface area contributed by atoms with Gasteiger partial charge in [-0.1, -0.05) is 37.6 Å². The van der Waals surface area contributed by atoms with Crippen molar-refractivity contribution in [2.45, 2.75) is 19.8 Å². The number of amides is 1. The number of nitrogens with zero attached hydrogens (tertiary/aromatic N) is 1. The Morgan fingerprint density at radius 2 is 1.88 bits per heavy atom. The summed E-state index contributed by atoms with van der Waals surface area (Å²) in [5.41, 5.74) is 3.78. The average molecular weight is 451 g/mol. The molecule has 0 aliphatic rings. The van der Waals surface area contributed by atoms with Gasteiger partial charge in [0.15, 0.2) is 12.2 Å². The number of hydrogen-bond donors (Lipinski definition) is 1. The van der Waals surface area contributed by atoms with E-state index >= 15 is 0 Å². The molecular formula is C25H23ClN2O4. The molecule has 32 heavy (non-hydrogen) atoms. The van der Waals surface area contributed by atoms with Crippen LogP contribution in [0.2, 0.25) is 5.02 Å². The van der Waals surface area contributed by atoms with E-state index in [4.69, 9.17) is 25.5 Å². The van der Waals surface area contributed by atoms with Crippen molar-refractivity contribution in [3.63, 3.8) is 0 Å². The molecule has 0 saturated carbocycles. The van der Waals surface area contributed by atoms with Gasteiger partial charge in [0.05, 0.1) is 12.1 Å². The Morgan fingerprint density at radius 1 is 1.09 bits per heavy atom. The van der Waals surface area contributed by atoms with Crippen LogP contribution in [-0.4, -0.2) is 24.6 Å². The van der Waals surface area contributed by atoms with E-state index < -0.39 is 0 Å². The fourth-order valence-electron chi connectivity index (χ4n) is 3.22. The van der Waals surface area contributed by atoms with E-state index in [-0.39, 0.29) is 12.5 Å². The quantitative estimate of drug-likeness (QED) is 0.357. The maximum atomic E-state index is 12.3. The fraction of sp³-hybridized carbons (Fsp3) is 0.200. The van der Waals surface area contributed by atoms with Gasteiger partial charge < -0.3 is 19.2 Å². The molecule has 1 N–H and O–H groups in total. The highest BCUT2D eigenvalue weighted by molar-refractivity contribution is 6.32. The zero-order valence-electron chi connectivity index (χ0n) is 18.0. The van der Waals surface area contributed by atoms with Gasteiger partial charge in [-0.15, -0.1) is 0 Å². The number of hydrogen-bond acceptors (Lipinski definition) is 5. The lowest BCUT2D eigenvalue weighted by atomic mass is 10.0. The Hall–Kier alpha value is -3.51. The number of benzene rings is 3. The van der Waals surface area contributed by atoms with Crippen molar-refractivity contribution in [3.05, 3.63) is 71.2 Å². The second-order valence-electron chi connectivity index (χ2n) is 7.61. The van der Waals surface area contributed by atoms with Crippen LogP contribution in [0.1, 0.15) is 25.3 Å². The van der Waals surface area contributed by atoms with Gasteiger partial charge in [0, 0.05) is 11.3 Å². The lowest BCUT2D eigenvalue weighted by molar-refractivity contribution is -0.118. The van der Waals surface area contributed by atoms with Gasteiger partial charge >= 0.3 is 0 Å². The largest absolute Gasteiger partial charge is 0.495 e. The summed E-state index contributed by atoms with van der Waals surface area (Å²) in [5, 5.41) is 3.30. The Morgan fingerprint density at radius 3 is 2.56 bits per heavy atom. The minimum atomic E-state index is -0.261. The van der Waals surface area contributed by atoms with Crippen LogP contribution < -0.4 is 14.8 Å². The highest BCUT2D eigenvalue weighted by Crippen LogP contribution is 2.32. The molecule has 0 unspecified atom stereocenters. The molecule has 7 heteroatoms.